The molecule has 1 aliphatic rings. The first-order chi connectivity index (χ1) is 11.2. The fourth-order valence-electron chi connectivity index (χ4n) is 3.23. The van der Waals surface area contributed by atoms with Gasteiger partial charge in [0.25, 0.3) is 0 Å². The Kier molecular flexibility index (Phi) is 4.51. The maximum Gasteiger partial charge on any atom is 0.335 e. The van der Waals surface area contributed by atoms with Crippen LogP contribution in [0.25, 0.3) is 0 Å². The van der Waals surface area contributed by atoms with Crippen molar-refractivity contribution >= 4 is 17.3 Å². The van der Waals surface area contributed by atoms with Gasteiger partial charge in [-0.1, -0.05) is 18.2 Å². The van der Waals surface area contributed by atoms with Gasteiger partial charge in [0.1, 0.15) is 0 Å². The highest BCUT2D eigenvalue weighted by atomic mass is 16.4. The summed E-state index contributed by atoms with van der Waals surface area (Å²) in [5.41, 5.74) is 3.89. The molecule has 120 valence electrons. The summed E-state index contributed by atoms with van der Waals surface area (Å²) in [5.74, 6) is -0.286. The van der Waals surface area contributed by atoms with Gasteiger partial charge in [-0.05, 0) is 54.7 Å². The fraction of sp³-hybridized carbons (Fsp3) is 0.316. The molecular formula is C19H22N2O2. The van der Waals surface area contributed by atoms with Gasteiger partial charge >= 0.3 is 5.97 Å². The predicted molar refractivity (Wildman–Crippen MR) is 93.6 cm³/mol. The van der Waals surface area contributed by atoms with Crippen molar-refractivity contribution in [3.05, 3.63) is 59.7 Å². The molecule has 0 atom stereocenters. The van der Waals surface area contributed by atoms with Gasteiger partial charge in [0.05, 0.1) is 5.56 Å². The molecule has 0 unspecified atom stereocenters. The SMILES string of the molecule is CNc1ccc(C2CCN(c3cccc(C(=O)O)c3)CC2)cc1. The minimum atomic E-state index is -0.869. The van der Waals surface area contributed by atoms with Crippen LogP contribution in [-0.2, 0) is 0 Å². The Labute approximate surface area is 136 Å². The maximum absolute atomic E-state index is 11.1. The Morgan fingerprint density at radius 3 is 2.43 bits per heavy atom. The highest BCUT2D eigenvalue weighted by Crippen LogP contribution is 2.31. The van der Waals surface area contributed by atoms with Crippen molar-refractivity contribution in [2.75, 3.05) is 30.4 Å². The second kappa shape index (κ2) is 6.73. The summed E-state index contributed by atoms with van der Waals surface area (Å²) < 4.78 is 0. The van der Waals surface area contributed by atoms with E-state index < -0.39 is 5.97 Å². The van der Waals surface area contributed by atoms with E-state index in [1.807, 2.05) is 19.2 Å². The Bertz CT molecular complexity index is 674. The number of aromatic carboxylic acids is 1. The molecule has 1 saturated heterocycles. The highest BCUT2D eigenvalue weighted by molar-refractivity contribution is 5.88. The van der Waals surface area contributed by atoms with Gasteiger partial charge in [-0.2, -0.15) is 0 Å². The molecule has 3 rings (SSSR count). The van der Waals surface area contributed by atoms with Crippen LogP contribution in [0.4, 0.5) is 11.4 Å². The Morgan fingerprint density at radius 2 is 1.83 bits per heavy atom. The van der Waals surface area contributed by atoms with Crippen LogP contribution in [0.2, 0.25) is 0 Å². The van der Waals surface area contributed by atoms with Gasteiger partial charge in [-0.25, -0.2) is 4.79 Å². The lowest BCUT2D eigenvalue weighted by atomic mass is 9.89. The number of nitrogens with zero attached hydrogens (tertiary/aromatic N) is 1. The molecule has 1 aliphatic heterocycles. The van der Waals surface area contributed by atoms with E-state index in [1.165, 1.54) is 5.56 Å². The minimum Gasteiger partial charge on any atom is -0.478 e. The molecule has 1 heterocycles. The lowest BCUT2D eigenvalue weighted by molar-refractivity contribution is 0.0697. The minimum absolute atomic E-state index is 0.354. The summed E-state index contributed by atoms with van der Waals surface area (Å²) >= 11 is 0. The van der Waals surface area contributed by atoms with Crippen LogP contribution in [0.3, 0.4) is 0 Å². The number of benzene rings is 2. The number of rotatable bonds is 4. The van der Waals surface area contributed by atoms with Crippen LogP contribution >= 0.6 is 0 Å². The molecule has 2 N–H and O–H groups in total. The van der Waals surface area contributed by atoms with Crippen molar-refractivity contribution in [2.24, 2.45) is 0 Å². The van der Waals surface area contributed by atoms with Crippen molar-refractivity contribution in [1.82, 2.24) is 0 Å². The molecule has 0 aromatic heterocycles. The lowest BCUT2D eigenvalue weighted by Gasteiger charge is -2.34. The smallest absolute Gasteiger partial charge is 0.335 e. The molecule has 4 nitrogen and oxygen atoms in total. The quantitative estimate of drug-likeness (QED) is 0.901. The van der Waals surface area contributed by atoms with Crippen molar-refractivity contribution in [3.8, 4) is 0 Å². The normalized spacial score (nSPS) is 15.4. The molecule has 0 saturated carbocycles. The molecule has 2 aromatic carbocycles. The second-order valence-electron chi connectivity index (χ2n) is 5.99. The lowest BCUT2D eigenvalue weighted by Crippen LogP contribution is -2.32. The molecular weight excluding hydrogens is 288 g/mol. The number of nitrogens with one attached hydrogen (secondary N) is 1. The largest absolute Gasteiger partial charge is 0.478 e. The average Bonchev–Trinajstić information content (AvgIpc) is 2.62. The van der Waals surface area contributed by atoms with Crippen molar-refractivity contribution in [3.63, 3.8) is 0 Å². The van der Waals surface area contributed by atoms with E-state index in [1.54, 1.807) is 12.1 Å². The second-order valence-corrected chi connectivity index (χ2v) is 5.99. The maximum atomic E-state index is 11.1. The molecule has 0 aliphatic carbocycles. The van der Waals surface area contributed by atoms with Crippen molar-refractivity contribution in [1.29, 1.82) is 0 Å². The third kappa shape index (κ3) is 3.47. The first-order valence-electron chi connectivity index (χ1n) is 8.03. The number of hydrogen-bond donors (Lipinski definition) is 2. The highest BCUT2D eigenvalue weighted by Gasteiger charge is 2.21. The summed E-state index contributed by atoms with van der Waals surface area (Å²) in [4.78, 5) is 13.4. The van der Waals surface area contributed by atoms with Crippen LogP contribution < -0.4 is 10.2 Å². The van der Waals surface area contributed by atoms with Crippen LogP contribution in [0, 0.1) is 0 Å². The van der Waals surface area contributed by atoms with E-state index in [4.69, 9.17) is 5.11 Å². The summed E-state index contributed by atoms with van der Waals surface area (Å²) in [7, 11) is 1.93. The Balaban J connectivity index is 1.65. The van der Waals surface area contributed by atoms with Crippen molar-refractivity contribution in [2.45, 2.75) is 18.8 Å². The zero-order valence-corrected chi connectivity index (χ0v) is 13.3. The van der Waals surface area contributed by atoms with Crippen LogP contribution in [0.1, 0.15) is 34.7 Å². The number of carboxylic acid groups (broad SMARTS) is 1. The van der Waals surface area contributed by atoms with Crippen molar-refractivity contribution < 1.29 is 9.90 Å². The first-order valence-corrected chi connectivity index (χ1v) is 8.03. The summed E-state index contributed by atoms with van der Waals surface area (Å²) in [5, 5.41) is 12.3. The Morgan fingerprint density at radius 1 is 1.13 bits per heavy atom. The standard InChI is InChI=1S/C19H22N2O2/c1-20-17-7-5-14(6-8-17)15-9-11-21(12-10-15)18-4-2-3-16(13-18)19(22)23/h2-8,13,15,20H,9-12H2,1H3,(H,22,23). The summed E-state index contributed by atoms with van der Waals surface area (Å²) in [6, 6.07) is 15.9. The van der Waals surface area contributed by atoms with E-state index in [2.05, 4.69) is 34.5 Å². The number of piperidine rings is 1. The van der Waals surface area contributed by atoms with Gasteiger partial charge in [0, 0.05) is 31.5 Å². The fourth-order valence-corrected chi connectivity index (χ4v) is 3.23. The Hall–Kier alpha value is -2.49. The van der Waals surface area contributed by atoms with Gasteiger partial charge in [0.2, 0.25) is 0 Å². The van der Waals surface area contributed by atoms with E-state index in [-0.39, 0.29) is 0 Å². The molecule has 1 fully saturated rings. The number of carbonyl (C=O) groups is 1. The van der Waals surface area contributed by atoms with Crippen LogP contribution in [0.15, 0.2) is 48.5 Å². The molecule has 23 heavy (non-hydrogen) atoms. The summed E-state index contributed by atoms with van der Waals surface area (Å²) in [6.45, 7) is 1.92. The van der Waals surface area contributed by atoms with E-state index in [0.29, 0.717) is 11.5 Å². The zero-order chi connectivity index (χ0) is 16.2. The third-order valence-electron chi connectivity index (χ3n) is 4.62. The number of carboxylic acids is 1. The van der Waals surface area contributed by atoms with E-state index in [0.717, 1.165) is 37.3 Å². The summed E-state index contributed by atoms with van der Waals surface area (Å²) in [6.07, 6.45) is 2.19. The zero-order valence-electron chi connectivity index (χ0n) is 13.3. The van der Waals surface area contributed by atoms with E-state index in [9.17, 15) is 4.79 Å². The van der Waals surface area contributed by atoms with Gasteiger partial charge in [0.15, 0.2) is 0 Å². The average molecular weight is 310 g/mol. The van der Waals surface area contributed by atoms with E-state index >= 15 is 0 Å². The molecule has 0 radical (unpaired) electrons. The van der Waals surface area contributed by atoms with Crippen LogP contribution in [0.5, 0.6) is 0 Å². The van der Waals surface area contributed by atoms with Gasteiger partial charge in [-0.3, -0.25) is 0 Å². The number of anilines is 2. The molecule has 0 spiro atoms. The van der Waals surface area contributed by atoms with Gasteiger partial charge < -0.3 is 15.3 Å². The molecule has 0 bridgehead atoms. The topological polar surface area (TPSA) is 52.6 Å². The third-order valence-corrected chi connectivity index (χ3v) is 4.62. The monoisotopic (exact) mass is 310 g/mol. The van der Waals surface area contributed by atoms with Gasteiger partial charge in [-0.15, -0.1) is 0 Å². The number of hydrogen-bond acceptors (Lipinski definition) is 3. The molecule has 2 aromatic rings. The molecule has 4 heteroatoms. The molecule has 0 amide bonds. The first kappa shape index (κ1) is 15.4. The predicted octanol–water partition coefficient (Wildman–Crippen LogP) is 3.81. The van der Waals surface area contributed by atoms with Crippen LogP contribution in [-0.4, -0.2) is 31.2 Å².